The second-order valence-corrected chi connectivity index (χ2v) is 7.04. The Bertz CT molecular complexity index is 341. The summed E-state index contributed by atoms with van der Waals surface area (Å²) in [6, 6.07) is 0. The first-order valence-electron chi connectivity index (χ1n) is 9.71. The molecule has 144 valence electrons. The van der Waals surface area contributed by atoms with Gasteiger partial charge in [-0.3, -0.25) is 9.59 Å². The lowest BCUT2D eigenvalue weighted by Crippen LogP contribution is -2.22. The van der Waals surface area contributed by atoms with Crippen LogP contribution in [0.25, 0.3) is 0 Å². The number of hydrogen-bond donors (Lipinski definition) is 0. The quantitative estimate of drug-likeness (QED) is 0.395. The fourth-order valence-corrected chi connectivity index (χ4v) is 3.25. The summed E-state index contributed by atoms with van der Waals surface area (Å²) < 4.78 is 21.4. The molecule has 0 N–H and O–H groups in total. The maximum Gasteiger partial charge on any atom is 0.305 e. The van der Waals surface area contributed by atoms with Gasteiger partial charge in [0.1, 0.15) is 0 Å². The van der Waals surface area contributed by atoms with E-state index >= 15 is 0 Å². The van der Waals surface area contributed by atoms with Gasteiger partial charge in [0.05, 0.1) is 13.2 Å². The van der Waals surface area contributed by atoms with Gasteiger partial charge in [0.2, 0.25) is 0 Å². The highest BCUT2D eigenvalue weighted by atomic mass is 16.5. The Hall–Kier alpha value is -1.14. The highest BCUT2D eigenvalue weighted by Crippen LogP contribution is 2.20. The Kier molecular flexibility index (Phi) is 9.89. The molecule has 0 radical (unpaired) electrons. The normalized spacial score (nSPS) is 24.0. The summed E-state index contributed by atoms with van der Waals surface area (Å²) >= 11 is 0. The van der Waals surface area contributed by atoms with Gasteiger partial charge in [0.25, 0.3) is 0 Å². The van der Waals surface area contributed by atoms with Crippen LogP contribution in [0, 0.1) is 11.8 Å². The molecule has 0 bridgehead atoms. The third-order valence-electron chi connectivity index (χ3n) is 4.85. The highest BCUT2D eigenvalue weighted by Gasteiger charge is 2.19. The molecule has 2 atom stereocenters. The van der Waals surface area contributed by atoms with Crippen molar-refractivity contribution in [3.8, 4) is 0 Å². The third kappa shape index (κ3) is 9.21. The van der Waals surface area contributed by atoms with Crippen molar-refractivity contribution >= 4 is 11.9 Å². The average molecular weight is 356 g/mol. The summed E-state index contributed by atoms with van der Waals surface area (Å²) in [6.45, 7) is 4.16. The monoisotopic (exact) mass is 356 g/mol. The van der Waals surface area contributed by atoms with Gasteiger partial charge in [-0.25, -0.2) is 0 Å². The van der Waals surface area contributed by atoms with Crippen molar-refractivity contribution in [2.24, 2.45) is 11.8 Å². The van der Waals surface area contributed by atoms with E-state index in [4.69, 9.17) is 18.9 Å². The van der Waals surface area contributed by atoms with Gasteiger partial charge in [-0.2, -0.15) is 0 Å². The smallest absolute Gasteiger partial charge is 0.305 e. The predicted molar refractivity (Wildman–Crippen MR) is 92.1 cm³/mol. The second kappa shape index (κ2) is 12.3. The molecule has 0 amide bonds. The molecular weight excluding hydrogens is 324 g/mol. The molecule has 0 aromatic heterocycles. The van der Waals surface area contributed by atoms with Crippen LogP contribution < -0.4 is 0 Å². The van der Waals surface area contributed by atoms with Crippen LogP contribution in [0.1, 0.15) is 57.8 Å². The lowest BCUT2D eigenvalue weighted by Gasteiger charge is -2.21. The molecule has 2 aliphatic rings. The minimum Gasteiger partial charge on any atom is -0.465 e. The molecule has 2 saturated heterocycles. The molecule has 2 heterocycles. The molecule has 6 nitrogen and oxygen atoms in total. The van der Waals surface area contributed by atoms with Crippen LogP contribution in [-0.2, 0) is 28.5 Å². The number of carbonyl (C=O) groups is 2. The third-order valence-corrected chi connectivity index (χ3v) is 4.85. The standard InChI is InChI=1S/C19H32O6/c20-18-8-6-16(14-24-18)4-1-10-22-12-3-13-23-11-2-5-17-7-9-19(21)25-15-17/h16-17H,1-15H2. The van der Waals surface area contributed by atoms with E-state index in [0.29, 0.717) is 37.9 Å². The summed E-state index contributed by atoms with van der Waals surface area (Å²) in [7, 11) is 0. The summed E-state index contributed by atoms with van der Waals surface area (Å²) in [5.41, 5.74) is 0. The molecule has 2 aliphatic heterocycles. The molecule has 2 rings (SSSR count). The fraction of sp³-hybridized carbons (Fsp3) is 0.895. The Labute approximate surface area is 150 Å². The van der Waals surface area contributed by atoms with Crippen LogP contribution in [-0.4, -0.2) is 51.6 Å². The Morgan fingerprint density at radius 3 is 1.56 bits per heavy atom. The van der Waals surface area contributed by atoms with E-state index in [2.05, 4.69) is 0 Å². The van der Waals surface area contributed by atoms with E-state index in [1.165, 1.54) is 0 Å². The molecule has 6 heteroatoms. The van der Waals surface area contributed by atoms with E-state index < -0.39 is 0 Å². The van der Waals surface area contributed by atoms with E-state index in [1.807, 2.05) is 0 Å². The SMILES string of the molecule is O=C1CCC(CCCOCCCOCCCC2CCC(=O)OC2)CO1. The lowest BCUT2D eigenvalue weighted by atomic mass is 9.97. The maximum absolute atomic E-state index is 11.0. The highest BCUT2D eigenvalue weighted by molar-refractivity contribution is 5.70. The van der Waals surface area contributed by atoms with Crippen LogP contribution in [0.15, 0.2) is 0 Å². The van der Waals surface area contributed by atoms with E-state index in [1.54, 1.807) is 0 Å². The summed E-state index contributed by atoms with van der Waals surface area (Å²) in [5, 5.41) is 0. The first-order chi connectivity index (χ1) is 12.2. The molecule has 0 aromatic carbocycles. The van der Waals surface area contributed by atoms with Crippen molar-refractivity contribution in [3.05, 3.63) is 0 Å². The van der Waals surface area contributed by atoms with Gasteiger partial charge in [-0.15, -0.1) is 0 Å². The van der Waals surface area contributed by atoms with Gasteiger partial charge < -0.3 is 18.9 Å². The zero-order chi connectivity index (χ0) is 17.7. The molecule has 0 spiro atoms. The van der Waals surface area contributed by atoms with E-state index in [9.17, 15) is 9.59 Å². The van der Waals surface area contributed by atoms with Crippen molar-refractivity contribution in [1.29, 1.82) is 0 Å². The summed E-state index contributed by atoms with van der Waals surface area (Å²) in [6.07, 6.45) is 8.14. The number of rotatable bonds is 12. The van der Waals surface area contributed by atoms with Gasteiger partial charge in [0, 0.05) is 39.3 Å². The molecule has 0 saturated carbocycles. The van der Waals surface area contributed by atoms with Crippen LogP contribution >= 0.6 is 0 Å². The largest absolute Gasteiger partial charge is 0.465 e. The minimum atomic E-state index is -0.0605. The van der Waals surface area contributed by atoms with Crippen molar-refractivity contribution in [3.63, 3.8) is 0 Å². The predicted octanol–water partition coefficient (Wildman–Crippen LogP) is 2.88. The van der Waals surface area contributed by atoms with Crippen LogP contribution in [0.4, 0.5) is 0 Å². The van der Waals surface area contributed by atoms with Gasteiger partial charge in [-0.05, 0) is 56.8 Å². The molecule has 25 heavy (non-hydrogen) atoms. The van der Waals surface area contributed by atoms with Crippen LogP contribution in [0.2, 0.25) is 0 Å². The number of ether oxygens (including phenoxy) is 4. The first kappa shape index (κ1) is 20.2. The zero-order valence-electron chi connectivity index (χ0n) is 15.2. The van der Waals surface area contributed by atoms with Crippen molar-refractivity contribution in [2.45, 2.75) is 57.8 Å². The minimum absolute atomic E-state index is 0.0605. The molecule has 2 fully saturated rings. The fourth-order valence-electron chi connectivity index (χ4n) is 3.25. The molecule has 0 aliphatic carbocycles. The number of carbonyl (C=O) groups excluding carboxylic acids is 2. The molecule has 2 unspecified atom stereocenters. The molecular formula is C19H32O6. The van der Waals surface area contributed by atoms with Gasteiger partial charge in [-0.1, -0.05) is 0 Å². The Morgan fingerprint density at radius 2 is 1.16 bits per heavy atom. The average Bonchev–Trinajstić information content (AvgIpc) is 2.63. The van der Waals surface area contributed by atoms with Crippen molar-refractivity contribution in [2.75, 3.05) is 39.6 Å². The second-order valence-electron chi connectivity index (χ2n) is 7.04. The Balaban J connectivity index is 1.29. The number of hydrogen-bond acceptors (Lipinski definition) is 6. The number of cyclic esters (lactones) is 2. The first-order valence-corrected chi connectivity index (χ1v) is 9.71. The van der Waals surface area contributed by atoms with Gasteiger partial charge in [0.15, 0.2) is 0 Å². The maximum atomic E-state index is 11.0. The zero-order valence-corrected chi connectivity index (χ0v) is 15.2. The van der Waals surface area contributed by atoms with Crippen LogP contribution in [0.3, 0.4) is 0 Å². The Morgan fingerprint density at radius 1 is 0.720 bits per heavy atom. The lowest BCUT2D eigenvalue weighted by molar-refractivity contribution is -0.150. The topological polar surface area (TPSA) is 71.1 Å². The molecule has 0 aromatic rings. The van der Waals surface area contributed by atoms with E-state index in [0.717, 1.165) is 71.4 Å². The summed E-state index contributed by atoms with van der Waals surface area (Å²) in [5.74, 6) is 0.902. The van der Waals surface area contributed by atoms with Crippen molar-refractivity contribution < 1.29 is 28.5 Å². The van der Waals surface area contributed by atoms with Gasteiger partial charge >= 0.3 is 11.9 Å². The van der Waals surface area contributed by atoms with Crippen molar-refractivity contribution in [1.82, 2.24) is 0 Å². The summed E-state index contributed by atoms with van der Waals surface area (Å²) in [4.78, 5) is 21.9. The number of esters is 2. The van der Waals surface area contributed by atoms with Crippen LogP contribution in [0.5, 0.6) is 0 Å². The van der Waals surface area contributed by atoms with E-state index in [-0.39, 0.29) is 11.9 Å².